The van der Waals surface area contributed by atoms with Crippen molar-refractivity contribution in [1.29, 1.82) is 0 Å². The Hall–Kier alpha value is -1.24. The molecule has 0 bridgehead atoms. The van der Waals surface area contributed by atoms with E-state index in [1.807, 2.05) is 6.92 Å². The summed E-state index contributed by atoms with van der Waals surface area (Å²) in [6.07, 6.45) is 0.820. The number of nitrogens with one attached hydrogen (secondary N) is 1. The molecule has 116 valence electrons. The van der Waals surface area contributed by atoms with Crippen LogP contribution in [0.5, 0.6) is 0 Å². The van der Waals surface area contributed by atoms with Crippen LogP contribution in [0.1, 0.15) is 51.4 Å². The quantitative estimate of drug-likeness (QED) is 0.651. The third-order valence-electron chi connectivity index (χ3n) is 3.30. The van der Waals surface area contributed by atoms with Gasteiger partial charge in [0.15, 0.2) is 11.6 Å². The van der Waals surface area contributed by atoms with Gasteiger partial charge in [0, 0.05) is 11.5 Å². The van der Waals surface area contributed by atoms with Crippen LogP contribution in [-0.4, -0.2) is 16.6 Å². The molecule has 2 aromatic rings. The lowest BCUT2D eigenvalue weighted by Gasteiger charge is -2.29. The molecule has 0 aliphatic rings. The lowest BCUT2D eigenvalue weighted by atomic mass is 9.88. The van der Waals surface area contributed by atoms with Gasteiger partial charge in [0.1, 0.15) is 10.9 Å². The fourth-order valence-electron chi connectivity index (χ4n) is 2.27. The van der Waals surface area contributed by atoms with Crippen molar-refractivity contribution in [3.05, 3.63) is 16.8 Å². The standard InChI is InChI=1S/C15H24N4OS/c1-6-9-8-10-12(19-16)17-13(18-14(10)21-9)11(20-7-2)15(3,4)5/h8,11H,6-7,16H2,1-5H3,(H,17,18,19). The molecule has 1 unspecified atom stereocenters. The summed E-state index contributed by atoms with van der Waals surface area (Å²) in [6, 6.07) is 2.10. The topological polar surface area (TPSA) is 73.1 Å². The molecule has 2 heterocycles. The molecule has 0 saturated carbocycles. The molecule has 0 radical (unpaired) electrons. The minimum atomic E-state index is -0.161. The highest BCUT2D eigenvalue weighted by atomic mass is 32.1. The number of nitrogens with zero attached hydrogens (tertiary/aromatic N) is 2. The number of ether oxygens (including phenoxy) is 1. The van der Waals surface area contributed by atoms with Crippen LogP contribution in [0.2, 0.25) is 0 Å². The molecule has 0 aliphatic heterocycles. The number of nitrogens with two attached hydrogens (primary N) is 1. The van der Waals surface area contributed by atoms with Gasteiger partial charge in [-0.25, -0.2) is 15.8 Å². The average molecular weight is 308 g/mol. The maximum absolute atomic E-state index is 5.89. The van der Waals surface area contributed by atoms with Crippen molar-refractivity contribution in [3.8, 4) is 0 Å². The first-order valence-electron chi connectivity index (χ1n) is 7.29. The molecule has 0 fully saturated rings. The number of aromatic nitrogens is 2. The Balaban J connectivity index is 2.57. The summed E-state index contributed by atoms with van der Waals surface area (Å²) in [5.74, 6) is 7.00. The van der Waals surface area contributed by atoms with Gasteiger partial charge in [0.25, 0.3) is 0 Å². The predicted octanol–water partition coefficient (Wildman–Crippen LogP) is 3.66. The van der Waals surface area contributed by atoms with Crippen LogP contribution in [0.3, 0.4) is 0 Å². The maximum atomic E-state index is 5.89. The Morgan fingerprint density at radius 3 is 2.57 bits per heavy atom. The van der Waals surface area contributed by atoms with Gasteiger partial charge in [0.05, 0.1) is 5.39 Å². The van der Waals surface area contributed by atoms with Crippen molar-refractivity contribution in [3.63, 3.8) is 0 Å². The van der Waals surface area contributed by atoms with E-state index in [1.54, 1.807) is 11.3 Å². The molecule has 3 N–H and O–H groups in total. The zero-order valence-electron chi connectivity index (χ0n) is 13.4. The van der Waals surface area contributed by atoms with Gasteiger partial charge in [0.2, 0.25) is 0 Å². The summed E-state index contributed by atoms with van der Waals surface area (Å²) in [6.45, 7) is 11.1. The number of thiophene rings is 1. The van der Waals surface area contributed by atoms with E-state index in [9.17, 15) is 0 Å². The van der Waals surface area contributed by atoms with Crippen LogP contribution in [0, 0.1) is 5.41 Å². The van der Waals surface area contributed by atoms with Crippen molar-refractivity contribution in [1.82, 2.24) is 9.97 Å². The van der Waals surface area contributed by atoms with Crippen molar-refractivity contribution in [2.75, 3.05) is 12.0 Å². The zero-order valence-corrected chi connectivity index (χ0v) is 14.2. The first kappa shape index (κ1) is 16.1. The van der Waals surface area contributed by atoms with Crippen molar-refractivity contribution < 1.29 is 4.74 Å². The fraction of sp³-hybridized carbons (Fsp3) is 0.600. The predicted molar refractivity (Wildman–Crippen MR) is 88.4 cm³/mol. The van der Waals surface area contributed by atoms with Gasteiger partial charge in [-0.05, 0) is 24.8 Å². The van der Waals surface area contributed by atoms with Crippen LogP contribution in [0.4, 0.5) is 5.82 Å². The number of hydrazine groups is 1. The Morgan fingerprint density at radius 1 is 1.33 bits per heavy atom. The minimum absolute atomic E-state index is 0.0829. The number of hydrogen-bond donors (Lipinski definition) is 2. The highest BCUT2D eigenvalue weighted by Crippen LogP contribution is 2.37. The van der Waals surface area contributed by atoms with Gasteiger partial charge in [-0.2, -0.15) is 0 Å². The maximum Gasteiger partial charge on any atom is 0.161 e. The highest BCUT2D eigenvalue weighted by molar-refractivity contribution is 7.18. The lowest BCUT2D eigenvalue weighted by Crippen LogP contribution is -2.24. The van der Waals surface area contributed by atoms with Crippen LogP contribution < -0.4 is 11.3 Å². The normalized spacial score (nSPS) is 13.6. The van der Waals surface area contributed by atoms with Crippen LogP contribution in [0.15, 0.2) is 6.07 Å². The van der Waals surface area contributed by atoms with E-state index >= 15 is 0 Å². The summed E-state index contributed by atoms with van der Waals surface area (Å²) >= 11 is 1.68. The molecule has 2 rings (SSSR count). The molecule has 21 heavy (non-hydrogen) atoms. The Labute approximate surface area is 129 Å². The summed E-state index contributed by atoms with van der Waals surface area (Å²) < 4.78 is 5.89. The molecule has 0 spiro atoms. The Bertz CT molecular complexity index is 618. The zero-order chi connectivity index (χ0) is 15.6. The molecule has 0 saturated heterocycles. The van der Waals surface area contributed by atoms with Gasteiger partial charge >= 0.3 is 0 Å². The first-order chi connectivity index (χ1) is 9.90. The molecular weight excluding hydrogens is 284 g/mol. The van der Waals surface area contributed by atoms with Crippen molar-refractivity contribution >= 4 is 27.4 Å². The SMILES string of the molecule is CCOC(c1nc(NN)c2cc(CC)sc2n1)C(C)(C)C. The largest absolute Gasteiger partial charge is 0.370 e. The van der Waals surface area contributed by atoms with Crippen molar-refractivity contribution in [2.45, 2.75) is 47.1 Å². The van der Waals surface area contributed by atoms with E-state index < -0.39 is 0 Å². The summed E-state index contributed by atoms with van der Waals surface area (Å²) in [5, 5.41) is 0.979. The van der Waals surface area contributed by atoms with E-state index in [2.05, 4.69) is 44.2 Å². The van der Waals surface area contributed by atoms with E-state index in [1.165, 1.54) is 4.88 Å². The lowest BCUT2D eigenvalue weighted by molar-refractivity contribution is -0.0187. The summed E-state index contributed by atoms with van der Waals surface area (Å²) in [4.78, 5) is 11.5. The minimum Gasteiger partial charge on any atom is -0.370 e. The van der Waals surface area contributed by atoms with Crippen LogP contribution >= 0.6 is 11.3 Å². The van der Waals surface area contributed by atoms with Gasteiger partial charge in [-0.3, -0.25) is 0 Å². The summed E-state index contributed by atoms with van der Waals surface area (Å²) in [5.41, 5.74) is 2.61. The van der Waals surface area contributed by atoms with Gasteiger partial charge in [-0.1, -0.05) is 27.7 Å². The monoisotopic (exact) mass is 308 g/mol. The number of fused-ring (bicyclic) bond motifs is 1. The van der Waals surface area contributed by atoms with Crippen molar-refractivity contribution in [2.24, 2.45) is 11.3 Å². The molecule has 1 atom stereocenters. The van der Waals surface area contributed by atoms with Gasteiger partial charge in [-0.15, -0.1) is 11.3 Å². The smallest absolute Gasteiger partial charge is 0.161 e. The van der Waals surface area contributed by atoms with Crippen LogP contribution in [-0.2, 0) is 11.2 Å². The number of aryl methyl sites for hydroxylation is 1. The molecule has 6 heteroatoms. The third kappa shape index (κ3) is 3.33. The first-order valence-corrected chi connectivity index (χ1v) is 8.10. The number of hydrogen-bond acceptors (Lipinski definition) is 6. The Morgan fingerprint density at radius 2 is 2.05 bits per heavy atom. The van der Waals surface area contributed by atoms with E-state index in [-0.39, 0.29) is 11.5 Å². The second-order valence-electron chi connectivity index (χ2n) is 6.06. The highest BCUT2D eigenvalue weighted by Gasteiger charge is 2.30. The second kappa shape index (κ2) is 6.25. The van der Waals surface area contributed by atoms with E-state index in [4.69, 9.17) is 15.6 Å². The molecule has 2 aromatic heterocycles. The fourth-order valence-corrected chi connectivity index (χ4v) is 3.24. The van der Waals surface area contributed by atoms with E-state index in [0.717, 1.165) is 16.6 Å². The molecule has 0 aromatic carbocycles. The summed E-state index contributed by atoms with van der Waals surface area (Å²) in [7, 11) is 0. The number of nitrogen functional groups attached to an aromatic ring is 1. The van der Waals surface area contributed by atoms with Crippen LogP contribution in [0.25, 0.3) is 10.2 Å². The second-order valence-corrected chi connectivity index (χ2v) is 7.18. The number of anilines is 1. The molecule has 0 amide bonds. The third-order valence-corrected chi connectivity index (χ3v) is 4.47. The van der Waals surface area contributed by atoms with Gasteiger partial charge < -0.3 is 10.2 Å². The average Bonchev–Trinajstić information content (AvgIpc) is 2.85. The molecule has 5 nitrogen and oxygen atoms in total. The van der Waals surface area contributed by atoms with E-state index in [0.29, 0.717) is 18.2 Å². The molecule has 0 aliphatic carbocycles. The number of rotatable bonds is 5. The Kier molecular flexibility index (Phi) is 4.81. The molecular formula is C15H24N4OS.